The maximum absolute atomic E-state index is 9.56. The van der Waals surface area contributed by atoms with E-state index < -0.39 is 0 Å². The van der Waals surface area contributed by atoms with E-state index in [9.17, 15) is 5.11 Å². The lowest BCUT2D eigenvalue weighted by atomic mass is 10.0. The monoisotopic (exact) mass is 185 g/mol. The summed E-state index contributed by atoms with van der Waals surface area (Å²) in [5.41, 5.74) is 1.48. The molecule has 0 bridgehead atoms. The minimum absolute atomic E-state index is 0.0576. The highest BCUT2D eigenvalue weighted by atomic mass is 16.3. The van der Waals surface area contributed by atoms with Crippen LogP contribution in [0.1, 0.15) is 0 Å². The first kappa shape index (κ1) is 8.63. The van der Waals surface area contributed by atoms with E-state index in [0.29, 0.717) is 5.56 Å². The minimum Gasteiger partial charge on any atom is -0.508 e. The first-order chi connectivity index (χ1) is 6.77. The van der Waals surface area contributed by atoms with Crippen LogP contribution in [0, 0.1) is 6.07 Å². The third-order valence-corrected chi connectivity index (χ3v) is 1.98. The Morgan fingerprint density at radius 1 is 1.00 bits per heavy atom. The molecule has 0 amide bonds. The van der Waals surface area contributed by atoms with Crippen molar-refractivity contribution in [1.82, 2.24) is 0 Å². The molecule has 0 unspecified atom stereocenters. The van der Waals surface area contributed by atoms with Crippen LogP contribution in [0.2, 0.25) is 0 Å². The van der Waals surface area contributed by atoms with Gasteiger partial charge in [-0.05, 0) is 23.8 Å². The van der Waals surface area contributed by atoms with Crippen molar-refractivity contribution in [2.24, 2.45) is 0 Å². The fourth-order valence-electron chi connectivity index (χ4n) is 1.31. The molecule has 0 aliphatic heterocycles. The predicted octanol–water partition coefficient (Wildman–Crippen LogP) is 2.56. The van der Waals surface area contributed by atoms with Gasteiger partial charge in [-0.25, -0.2) is 0 Å². The maximum Gasteiger partial charge on any atom is 0.127 e. The Morgan fingerprint density at radius 2 is 1.86 bits per heavy atom. The second-order valence-electron chi connectivity index (χ2n) is 2.98. The number of hydrogen-bond donors (Lipinski definition) is 2. The van der Waals surface area contributed by atoms with Gasteiger partial charge in [0.2, 0.25) is 0 Å². The second-order valence-corrected chi connectivity index (χ2v) is 2.98. The Balaban J connectivity index is 2.53. The highest BCUT2D eigenvalue weighted by Gasteiger charge is 2.03. The summed E-state index contributed by atoms with van der Waals surface area (Å²) in [6.45, 7) is 0. The molecule has 2 rings (SSSR count). The van der Waals surface area contributed by atoms with Gasteiger partial charge in [0.1, 0.15) is 11.5 Å². The zero-order chi connectivity index (χ0) is 9.97. The quantitative estimate of drug-likeness (QED) is 0.716. The molecule has 0 saturated heterocycles. The van der Waals surface area contributed by atoms with Gasteiger partial charge in [0.15, 0.2) is 0 Å². The predicted molar refractivity (Wildman–Crippen MR) is 54.0 cm³/mol. The van der Waals surface area contributed by atoms with E-state index in [4.69, 9.17) is 5.11 Å². The highest BCUT2D eigenvalue weighted by molar-refractivity contribution is 5.70. The van der Waals surface area contributed by atoms with E-state index in [2.05, 4.69) is 6.07 Å². The van der Waals surface area contributed by atoms with Crippen molar-refractivity contribution < 1.29 is 10.2 Å². The van der Waals surface area contributed by atoms with Crippen molar-refractivity contribution in [3.05, 3.63) is 48.5 Å². The Morgan fingerprint density at radius 3 is 2.50 bits per heavy atom. The molecule has 0 aromatic heterocycles. The van der Waals surface area contributed by atoms with Crippen molar-refractivity contribution in [2.45, 2.75) is 0 Å². The lowest BCUT2D eigenvalue weighted by Gasteiger charge is -2.03. The van der Waals surface area contributed by atoms with Crippen LogP contribution < -0.4 is 0 Å². The van der Waals surface area contributed by atoms with Crippen LogP contribution in [0.15, 0.2) is 42.5 Å². The molecule has 2 nitrogen and oxygen atoms in total. The highest BCUT2D eigenvalue weighted by Crippen LogP contribution is 2.31. The largest absolute Gasteiger partial charge is 0.508 e. The summed E-state index contributed by atoms with van der Waals surface area (Å²) in [5.74, 6) is 0.120. The molecule has 0 atom stereocenters. The van der Waals surface area contributed by atoms with Crippen LogP contribution in [0.4, 0.5) is 0 Å². The normalized spacial score (nSPS) is 10.0. The lowest BCUT2D eigenvalue weighted by molar-refractivity contribution is 0.452. The average molecular weight is 185 g/mol. The van der Waals surface area contributed by atoms with Crippen molar-refractivity contribution in [3.63, 3.8) is 0 Å². The third-order valence-electron chi connectivity index (χ3n) is 1.98. The smallest absolute Gasteiger partial charge is 0.127 e. The SMILES string of the molecule is Oc1ccc(-c2[c]cccc2)c(O)c1. The standard InChI is InChI=1S/C12H9O2/c13-10-6-7-11(12(14)8-10)9-4-2-1-3-5-9/h1-4,6-8,13-14H. The molecule has 2 aromatic rings. The molecule has 0 aliphatic rings. The molecule has 2 N–H and O–H groups in total. The molecule has 0 aliphatic carbocycles. The number of rotatable bonds is 1. The van der Waals surface area contributed by atoms with Gasteiger partial charge in [0.05, 0.1) is 0 Å². The summed E-state index contributed by atoms with van der Waals surface area (Å²) >= 11 is 0. The van der Waals surface area contributed by atoms with Crippen LogP contribution in [0.25, 0.3) is 11.1 Å². The summed E-state index contributed by atoms with van der Waals surface area (Å²) in [4.78, 5) is 0. The van der Waals surface area contributed by atoms with Gasteiger partial charge in [-0.2, -0.15) is 0 Å². The Hall–Kier alpha value is -1.96. The maximum atomic E-state index is 9.56. The summed E-state index contributed by atoms with van der Waals surface area (Å²) in [5, 5.41) is 18.7. The molecular weight excluding hydrogens is 176 g/mol. The van der Waals surface area contributed by atoms with Crippen molar-refractivity contribution in [3.8, 4) is 22.6 Å². The van der Waals surface area contributed by atoms with Crippen LogP contribution in [0.5, 0.6) is 11.5 Å². The molecule has 0 heterocycles. The number of phenols is 2. The number of hydrogen-bond acceptors (Lipinski definition) is 2. The van der Waals surface area contributed by atoms with Gasteiger partial charge in [0.25, 0.3) is 0 Å². The fourth-order valence-corrected chi connectivity index (χ4v) is 1.31. The van der Waals surface area contributed by atoms with Crippen molar-refractivity contribution in [2.75, 3.05) is 0 Å². The van der Waals surface area contributed by atoms with Gasteiger partial charge in [-0.15, -0.1) is 0 Å². The van der Waals surface area contributed by atoms with Crippen LogP contribution >= 0.6 is 0 Å². The van der Waals surface area contributed by atoms with Gasteiger partial charge in [0, 0.05) is 11.6 Å². The Labute approximate surface area is 82.1 Å². The van der Waals surface area contributed by atoms with E-state index in [0.717, 1.165) is 5.56 Å². The van der Waals surface area contributed by atoms with Gasteiger partial charge >= 0.3 is 0 Å². The molecule has 69 valence electrons. The molecule has 2 heteroatoms. The molecule has 14 heavy (non-hydrogen) atoms. The van der Waals surface area contributed by atoms with Gasteiger partial charge in [-0.1, -0.05) is 24.3 Å². The number of phenolic OH excluding ortho intramolecular Hbond substituents is 2. The fraction of sp³-hybridized carbons (Fsp3) is 0. The molecule has 1 radical (unpaired) electrons. The van der Waals surface area contributed by atoms with Crippen LogP contribution in [-0.2, 0) is 0 Å². The van der Waals surface area contributed by atoms with E-state index in [-0.39, 0.29) is 11.5 Å². The van der Waals surface area contributed by atoms with Gasteiger partial charge in [-0.3, -0.25) is 0 Å². The first-order valence-corrected chi connectivity index (χ1v) is 4.26. The number of benzene rings is 2. The Bertz CT molecular complexity index is 435. The van der Waals surface area contributed by atoms with E-state index in [1.807, 2.05) is 18.2 Å². The second kappa shape index (κ2) is 3.42. The Kier molecular flexibility index (Phi) is 2.11. The molecule has 2 aromatic carbocycles. The van der Waals surface area contributed by atoms with E-state index in [1.165, 1.54) is 12.1 Å². The van der Waals surface area contributed by atoms with Crippen molar-refractivity contribution in [1.29, 1.82) is 0 Å². The molecule has 0 saturated carbocycles. The van der Waals surface area contributed by atoms with Crippen LogP contribution in [-0.4, -0.2) is 10.2 Å². The van der Waals surface area contributed by atoms with Crippen molar-refractivity contribution >= 4 is 0 Å². The molecule has 0 fully saturated rings. The summed E-state index contributed by atoms with van der Waals surface area (Å²) in [6, 6.07) is 14.9. The van der Waals surface area contributed by atoms with Gasteiger partial charge < -0.3 is 10.2 Å². The van der Waals surface area contributed by atoms with Crippen LogP contribution in [0.3, 0.4) is 0 Å². The average Bonchev–Trinajstić information content (AvgIpc) is 2.19. The summed E-state index contributed by atoms with van der Waals surface area (Å²) in [7, 11) is 0. The molecule has 0 spiro atoms. The lowest BCUT2D eigenvalue weighted by Crippen LogP contribution is -1.78. The topological polar surface area (TPSA) is 40.5 Å². The summed E-state index contributed by atoms with van der Waals surface area (Å²) in [6.07, 6.45) is 0. The zero-order valence-corrected chi connectivity index (χ0v) is 7.44. The zero-order valence-electron chi connectivity index (χ0n) is 7.44. The summed E-state index contributed by atoms with van der Waals surface area (Å²) < 4.78 is 0. The minimum atomic E-state index is 0.0576. The molecular formula is C12H9O2. The number of aromatic hydroxyl groups is 2. The van der Waals surface area contributed by atoms with E-state index in [1.54, 1.807) is 12.1 Å². The van der Waals surface area contributed by atoms with E-state index >= 15 is 0 Å². The third kappa shape index (κ3) is 1.55. The first-order valence-electron chi connectivity index (χ1n) is 4.26.